The third-order valence-corrected chi connectivity index (χ3v) is 2.70. The molecule has 0 saturated carbocycles. The Morgan fingerprint density at radius 1 is 1.40 bits per heavy atom. The highest BCUT2D eigenvalue weighted by Crippen LogP contribution is 2.10. The molecule has 1 aromatic heterocycles. The molecular weight excluding hydrogens is 256 g/mol. The number of anilines is 1. The molecule has 0 amide bonds. The molecule has 0 aliphatic heterocycles. The average molecular weight is 280 g/mol. The SMILES string of the molecule is CC(C)CN(CCN(C)C)c1nccc(/C(N)=N/O)n1. The van der Waals surface area contributed by atoms with Gasteiger partial charge >= 0.3 is 0 Å². The number of likely N-dealkylation sites (N-methyl/N-ethyl adjacent to an activating group) is 1. The molecule has 0 aliphatic rings. The zero-order chi connectivity index (χ0) is 15.1. The lowest BCUT2D eigenvalue weighted by Crippen LogP contribution is -2.36. The van der Waals surface area contributed by atoms with Crippen LogP contribution < -0.4 is 10.6 Å². The van der Waals surface area contributed by atoms with Crippen LogP contribution in [0.1, 0.15) is 19.5 Å². The molecule has 0 bridgehead atoms. The van der Waals surface area contributed by atoms with Gasteiger partial charge in [0.1, 0.15) is 5.69 Å². The summed E-state index contributed by atoms with van der Waals surface area (Å²) in [4.78, 5) is 12.9. The molecule has 0 saturated heterocycles. The summed E-state index contributed by atoms with van der Waals surface area (Å²) in [7, 11) is 4.06. The number of nitrogens with zero attached hydrogens (tertiary/aromatic N) is 5. The van der Waals surface area contributed by atoms with Crippen LogP contribution in [-0.4, -0.2) is 59.6 Å². The van der Waals surface area contributed by atoms with Gasteiger partial charge < -0.3 is 20.7 Å². The van der Waals surface area contributed by atoms with Crippen molar-refractivity contribution in [1.29, 1.82) is 0 Å². The molecule has 0 aliphatic carbocycles. The maximum absolute atomic E-state index is 8.72. The van der Waals surface area contributed by atoms with Crippen molar-refractivity contribution in [3.8, 4) is 0 Å². The molecule has 1 rings (SSSR count). The third kappa shape index (κ3) is 5.00. The number of amidine groups is 1. The lowest BCUT2D eigenvalue weighted by molar-refractivity contribution is 0.318. The predicted molar refractivity (Wildman–Crippen MR) is 80.1 cm³/mol. The minimum atomic E-state index is -0.00856. The van der Waals surface area contributed by atoms with Gasteiger partial charge in [0.25, 0.3) is 0 Å². The first-order chi connectivity index (χ1) is 9.43. The second-order valence-electron chi connectivity index (χ2n) is 5.37. The fourth-order valence-corrected chi connectivity index (χ4v) is 1.73. The lowest BCUT2D eigenvalue weighted by atomic mass is 10.2. The van der Waals surface area contributed by atoms with Gasteiger partial charge in [-0.05, 0) is 26.1 Å². The number of aromatic nitrogens is 2. The van der Waals surface area contributed by atoms with Gasteiger partial charge in [-0.15, -0.1) is 0 Å². The lowest BCUT2D eigenvalue weighted by Gasteiger charge is -2.26. The molecule has 7 nitrogen and oxygen atoms in total. The first kappa shape index (κ1) is 16.2. The zero-order valence-corrected chi connectivity index (χ0v) is 12.6. The first-order valence-corrected chi connectivity index (χ1v) is 6.64. The standard InChI is InChI=1S/C13H24N6O/c1-10(2)9-19(8-7-18(3)4)13-15-6-5-11(16-13)12(14)17-20/h5-6,10,20H,7-9H2,1-4H3,(H2,14,17). The summed E-state index contributed by atoms with van der Waals surface area (Å²) in [6.45, 7) is 6.88. The molecule has 0 aromatic carbocycles. The Morgan fingerprint density at radius 2 is 2.10 bits per heavy atom. The quantitative estimate of drug-likeness (QED) is 0.329. The first-order valence-electron chi connectivity index (χ1n) is 6.64. The van der Waals surface area contributed by atoms with Gasteiger partial charge in [0.05, 0.1) is 0 Å². The van der Waals surface area contributed by atoms with Crippen molar-refractivity contribution in [1.82, 2.24) is 14.9 Å². The Bertz CT molecular complexity index is 446. The summed E-state index contributed by atoms with van der Waals surface area (Å²) < 4.78 is 0. The highest BCUT2D eigenvalue weighted by molar-refractivity contribution is 5.95. The smallest absolute Gasteiger partial charge is 0.226 e. The normalized spacial score (nSPS) is 12.2. The monoisotopic (exact) mass is 280 g/mol. The average Bonchev–Trinajstić information content (AvgIpc) is 2.42. The van der Waals surface area contributed by atoms with E-state index in [1.165, 1.54) is 0 Å². The van der Waals surface area contributed by atoms with Crippen LogP contribution in [0, 0.1) is 5.92 Å². The van der Waals surface area contributed by atoms with Crippen molar-refractivity contribution in [2.45, 2.75) is 13.8 Å². The summed E-state index contributed by atoms with van der Waals surface area (Å²) >= 11 is 0. The van der Waals surface area contributed by atoms with Crippen molar-refractivity contribution >= 4 is 11.8 Å². The van der Waals surface area contributed by atoms with E-state index in [4.69, 9.17) is 10.9 Å². The van der Waals surface area contributed by atoms with Gasteiger partial charge in [-0.1, -0.05) is 19.0 Å². The number of rotatable bonds is 7. The molecular formula is C13H24N6O. The van der Waals surface area contributed by atoms with Crippen LogP contribution in [-0.2, 0) is 0 Å². The molecule has 20 heavy (non-hydrogen) atoms. The number of hydrogen-bond donors (Lipinski definition) is 2. The van der Waals surface area contributed by atoms with Crippen LogP contribution in [0.2, 0.25) is 0 Å². The van der Waals surface area contributed by atoms with E-state index in [1.807, 2.05) is 14.1 Å². The zero-order valence-electron chi connectivity index (χ0n) is 12.6. The largest absolute Gasteiger partial charge is 0.409 e. The van der Waals surface area contributed by atoms with Crippen LogP contribution in [0.3, 0.4) is 0 Å². The maximum atomic E-state index is 8.72. The summed E-state index contributed by atoms with van der Waals surface area (Å²) in [6.07, 6.45) is 1.62. The van der Waals surface area contributed by atoms with Crippen LogP contribution in [0.5, 0.6) is 0 Å². The van der Waals surface area contributed by atoms with Crippen LogP contribution >= 0.6 is 0 Å². The van der Waals surface area contributed by atoms with E-state index in [9.17, 15) is 0 Å². The summed E-state index contributed by atoms with van der Waals surface area (Å²) in [6, 6.07) is 1.62. The number of nitrogens with two attached hydrogens (primary N) is 1. The van der Waals surface area contributed by atoms with Gasteiger partial charge in [-0.25, -0.2) is 9.97 Å². The van der Waals surface area contributed by atoms with Crippen molar-refractivity contribution in [2.24, 2.45) is 16.8 Å². The van der Waals surface area contributed by atoms with Crippen molar-refractivity contribution in [3.05, 3.63) is 18.0 Å². The molecule has 0 unspecified atom stereocenters. The Morgan fingerprint density at radius 3 is 2.65 bits per heavy atom. The van der Waals surface area contributed by atoms with E-state index in [-0.39, 0.29) is 5.84 Å². The topological polar surface area (TPSA) is 90.9 Å². The van der Waals surface area contributed by atoms with E-state index in [1.54, 1.807) is 12.3 Å². The molecule has 7 heteroatoms. The number of oxime groups is 1. The fourth-order valence-electron chi connectivity index (χ4n) is 1.73. The van der Waals surface area contributed by atoms with E-state index in [0.717, 1.165) is 19.6 Å². The Labute approximate surface area is 120 Å². The number of hydrogen-bond acceptors (Lipinski definition) is 6. The van der Waals surface area contributed by atoms with Gasteiger partial charge in [-0.3, -0.25) is 0 Å². The van der Waals surface area contributed by atoms with E-state index >= 15 is 0 Å². The van der Waals surface area contributed by atoms with Crippen LogP contribution in [0.25, 0.3) is 0 Å². The minimum absolute atomic E-state index is 0.00856. The van der Waals surface area contributed by atoms with Crippen molar-refractivity contribution in [3.63, 3.8) is 0 Å². The molecule has 0 atom stereocenters. The molecule has 0 spiro atoms. The molecule has 1 heterocycles. The highest BCUT2D eigenvalue weighted by atomic mass is 16.4. The molecule has 1 aromatic rings. The van der Waals surface area contributed by atoms with E-state index < -0.39 is 0 Å². The van der Waals surface area contributed by atoms with Gasteiger partial charge in [0, 0.05) is 25.8 Å². The maximum Gasteiger partial charge on any atom is 0.226 e. The van der Waals surface area contributed by atoms with Crippen LogP contribution in [0.4, 0.5) is 5.95 Å². The Kier molecular flexibility index (Phi) is 6.17. The molecule has 0 fully saturated rings. The third-order valence-electron chi connectivity index (χ3n) is 2.70. The fraction of sp³-hybridized carbons (Fsp3) is 0.615. The molecule has 3 N–H and O–H groups in total. The van der Waals surface area contributed by atoms with E-state index in [2.05, 4.69) is 38.8 Å². The second-order valence-corrected chi connectivity index (χ2v) is 5.37. The Balaban J connectivity index is 2.94. The molecule has 112 valence electrons. The predicted octanol–water partition coefficient (Wildman–Crippen LogP) is 0.595. The molecule has 0 radical (unpaired) electrons. The Hall–Kier alpha value is -1.89. The second kappa shape index (κ2) is 7.64. The van der Waals surface area contributed by atoms with Gasteiger partial charge in [0.15, 0.2) is 5.84 Å². The highest BCUT2D eigenvalue weighted by Gasteiger charge is 2.13. The minimum Gasteiger partial charge on any atom is -0.409 e. The van der Waals surface area contributed by atoms with Crippen molar-refractivity contribution < 1.29 is 5.21 Å². The van der Waals surface area contributed by atoms with Crippen LogP contribution in [0.15, 0.2) is 17.4 Å². The van der Waals surface area contributed by atoms with Gasteiger partial charge in [-0.2, -0.15) is 0 Å². The summed E-state index contributed by atoms with van der Waals surface area (Å²) in [5, 5.41) is 11.7. The van der Waals surface area contributed by atoms with E-state index in [0.29, 0.717) is 17.6 Å². The van der Waals surface area contributed by atoms with Gasteiger partial charge in [0.2, 0.25) is 5.95 Å². The summed E-state index contributed by atoms with van der Waals surface area (Å²) in [5.74, 6) is 1.09. The van der Waals surface area contributed by atoms with Crippen molar-refractivity contribution in [2.75, 3.05) is 38.6 Å². The summed E-state index contributed by atoms with van der Waals surface area (Å²) in [5.41, 5.74) is 6.00.